The van der Waals surface area contributed by atoms with E-state index in [2.05, 4.69) is 11.6 Å². The van der Waals surface area contributed by atoms with Gasteiger partial charge in [-0.15, -0.1) is 17.9 Å². The lowest BCUT2D eigenvalue weighted by Crippen LogP contribution is -2.39. The van der Waals surface area contributed by atoms with Crippen LogP contribution in [0.4, 0.5) is 4.39 Å². The molecule has 0 saturated heterocycles. The molecule has 1 aliphatic heterocycles. The topological polar surface area (TPSA) is 62.7 Å². The third-order valence-corrected chi connectivity index (χ3v) is 8.22. The second-order valence-electron chi connectivity index (χ2n) is 9.88. The normalized spacial score (nSPS) is 17.2. The zero-order valence-electron chi connectivity index (χ0n) is 21.6. The average Bonchev–Trinajstić information content (AvgIpc) is 3.62. The van der Waals surface area contributed by atoms with Crippen LogP contribution in [0.25, 0.3) is 0 Å². The predicted octanol–water partition coefficient (Wildman–Crippen LogP) is 5.93. The average molecular weight is 534 g/mol. The monoisotopic (exact) mass is 533 g/mol. The van der Waals surface area contributed by atoms with Crippen molar-refractivity contribution in [2.45, 2.75) is 57.7 Å². The largest absolute Gasteiger partial charge is 0.486 e. The van der Waals surface area contributed by atoms with Crippen molar-refractivity contribution in [2.24, 2.45) is 0 Å². The molecule has 0 N–H and O–H groups in total. The van der Waals surface area contributed by atoms with E-state index in [-0.39, 0.29) is 36.3 Å². The Balaban J connectivity index is 1.33. The van der Waals surface area contributed by atoms with E-state index in [9.17, 15) is 14.0 Å². The van der Waals surface area contributed by atoms with Gasteiger partial charge < -0.3 is 14.5 Å². The number of ether oxygens (including phenoxy) is 1. The smallest absolute Gasteiger partial charge is 0.273 e. The van der Waals surface area contributed by atoms with Gasteiger partial charge in [0.2, 0.25) is 5.91 Å². The van der Waals surface area contributed by atoms with Gasteiger partial charge in [0.25, 0.3) is 5.91 Å². The third kappa shape index (κ3) is 5.50. The molecule has 198 valence electrons. The number of halogens is 1. The third-order valence-electron chi connectivity index (χ3n) is 7.40. The maximum absolute atomic E-state index is 14.1. The fourth-order valence-electron chi connectivity index (χ4n) is 5.58. The number of benzene rings is 2. The molecule has 8 heteroatoms. The Bertz CT molecular complexity index is 1330. The van der Waals surface area contributed by atoms with Crippen molar-refractivity contribution in [1.82, 2.24) is 14.8 Å². The second kappa shape index (κ2) is 11.5. The molecular weight excluding hydrogens is 501 g/mol. The van der Waals surface area contributed by atoms with Gasteiger partial charge in [0, 0.05) is 31.4 Å². The molecule has 1 atom stereocenters. The zero-order chi connectivity index (χ0) is 26.6. The van der Waals surface area contributed by atoms with Crippen LogP contribution in [0.15, 0.2) is 60.5 Å². The lowest BCUT2D eigenvalue weighted by Gasteiger charge is -2.37. The first-order valence-electron chi connectivity index (χ1n) is 13.1. The number of amides is 2. The molecule has 0 spiro atoms. The minimum atomic E-state index is -0.383. The van der Waals surface area contributed by atoms with Crippen LogP contribution in [-0.4, -0.2) is 45.7 Å². The van der Waals surface area contributed by atoms with E-state index in [4.69, 9.17) is 4.74 Å². The van der Waals surface area contributed by atoms with Crippen LogP contribution in [0.2, 0.25) is 0 Å². The van der Waals surface area contributed by atoms with Crippen molar-refractivity contribution < 1.29 is 18.7 Å². The van der Waals surface area contributed by atoms with Crippen LogP contribution in [0.5, 0.6) is 5.75 Å². The first-order valence-corrected chi connectivity index (χ1v) is 14.0. The van der Waals surface area contributed by atoms with Crippen LogP contribution in [0.1, 0.15) is 70.8 Å². The molecule has 0 bridgehead atoms. The van der Waals surface area contributed by atoms with E-state index in [1.165, 1.54) is 23.5 Å². The van der Waals surface area contributed by atoms with Crippen molar-refractivity contribution in [3.05, 3.63) is 93.7 Å². The van der Waals surface area contributed by atoms with Gasteiger partial charge >= 0.3 is 0 Å². The first kappa shape index (κ1) is 26.1. The highest BCUT2D eigenvalue weighted by Crippen LogP contribution is 2.37. The van der Waals surface area contributed by atoms with Crippen molar-refractivity contribution >= 4 is 23.2 Å². The Labute approximate surface area is 226 Å². The lowest BCUT2D eigenvalue weighted by molar-refractivity contribution is -0.130. The summed E-state index contributed by atoms with van der Waals surface area (Å²) in [4.78, 5) is 33.9. The molecule has 1 aromatic heterocycles. The molecule has 6 nitrogen and oxygen atoms in total. The molecule has 2 amide bonds. The highest BCUT2D eigenvalue weighted by Gasteiger charge is 2.31. The fourth-order valence-corrected chi connectivity index (χ4v) is 6.26. The standard InChI is InChI=1S/C30H32FN3O3S/c1-3-14-34(24-9-4-5-10-24)30(36)27-19-38-28(32-27)18-37-25-12-11-21-13-15-33(20(2)35)29(26(21)17-25)22-7-6-8-23(31)16-22/h3,6-8,11-12,16-17,19,24,29H,1,4-5,9-10,13-15,18H2,2H3. The Morgan fingerprint density at radius 3 is 2.79 bits per heavy atom. The Morgan fingerprint density at radius 2 is 2.05 bits per heavy atom. The highest BCUT2D eigenvalue weighted by molar-refractivity contribution is 7.09. The summed E-state index contributed by atoms with van der Waals surface area (Å²) in [5.74, 6) is 0.187. The maximum atomic E-state index is 14.1. The highest BCUT2D eigenvalue weighted by atomic mass is 32.1. The van der Waals surface area contributed by atoms with Crippen LogP contribution in [-0.2, 0) is 17.8 Å². The molecule has 2 aliphatic rings. The first-order chi connectivity index (χ1) is 18.4. The number of nitrogens with zero attached hydrogens (tertiary/aromatic N) is 3. The number of rotatable bonds is 8. The predicted molar refractivity (Wildman–Crippen MR) is 146 cm³/mol. The number of carbonyl (C=O) groups excluding carboxylic acids is 2. The summed E-state index contributed by atoms with van der Waals surface area (Å²) in [6.45, 7) is 6.68. The number of carbonyl (C=O) groups is 2. The Kier molecular flexibility index (Phi) is 7.88. The molecule has 1 fully saturated rings. The number of fused-ring (bicyclic) bond motifs is 1. The van der Waals surface area contributed by atoms with E-state index >= 15 is 0 Å². The molecule has 2 heterocycles. The minimum absolute atomic E-state index is 0.0562. The summed E-state index contributed by atoms with van der Waals surface area (Å²) < 4.78 is 20.2. The lowest BCUT2D eigenvalue weighted by atomic mass is 9.88. The van der Waals surface area contributed by atoms with Crippen LogP contribution >= 0.6 is 11.3 Å². The van der Waals surface area contributed by atoms with Gasteiger partial charge in [-0.2, -0.15) is 0 Å². The summed E-state index contributed by atoms with van der Waals surface area (Å²) in [6.07, 6.45) is 6.83. The minimum Gasteiger partial charge on any atom is -0.486 e. The number of hydrogen-bond acceptors (Lipinski definition) is 5. The van der Waals surface area contributed by atoms with Crippen LogP contribution in [0, 0.1) is 5.82 Å². The van der Waals surface area contributed by atoms with E-state index in [1.807, 2.05) is 29.2 Å². The van der Waals surface area contributed by atoms with Gasteiger partial charge in [-0.3, -0.25) is 9.59 Å². The van der Waals surface area contributed by atoms with Gasteiger partial charge in [-0.25, -0.2) is 9.37 Å². The maximum Gasteiger partial charge on any atom is 0.273 e. The molecule has 0 radical (unpaired) electrons. The van der Waals surface area contributed by atoms with Crippen molar-refractivity contribution in [1.29, 1.82) is 0 Å². The van der Waals surface area contributed by atoms with Crippen LogP contribution < -0.4 is 4.74 Å². The van der Waals surface area contributed by atoms with Gasteiger partial charge in [0.1, 0.15) is 28.9 Å². The molecule has 3 aromatic rings. The summed E-state index contributed by atoms with van der Waals surface area (Å²) in [7, 11) is 0. The van der Waals surface area contributed by atoms with E-state index in [0.29, 0.717) is 29.5 Å². The van der Waals surface area contributed by atoms with Crippen molar-refractivity contribution in [3.8, 4) is 5.75 Å². The molecule has 2 aromatic carbocycles. The number of thiazole rings is 1. The molecular formula is C30H32FN3O3S. The van der Waals surface area contributed by atoms with Crippen molar-refractivity contribution in [3.63, 3.8) is 0 Å². The van der Waals surface area contributed by atoms with Gasteiger partial charge in [0.05, 0.1) is 6.04 Å². The van der Waals surface area contributed by atoms with Crippen molar-refractivity contribution in [2.75, 3.05) is 13.1 Å². The van der Waals surface area contributed by atoms with Gasteiger partial charge in [0.15, 0.2) is 0 Å². The van der Waals surface area contributed by atoms with E-state index in [0.717, 1.165) is 48.8 Å². The number of hydrogen-bond donors (Lipinski definition) is 0. The quantitative estimate of drug-likeness (QED) is 0.337. The van der Waals surface area contributed by atoms with E-state index < -0.39 is 0 Å². The zero-order valence-corrected chi connectivity index (χ0v) is 22.4. The molecule has 5 rings (SSSR count). The second-order valence-corrected chi connectivity index (χ2v) is 10.8. The Morgan fingerprint density at radius 1 is 1.24 bits per heavy atom. The summed E-state index contributed by atoms with van der Waals surface area (Å²) in [5, 5.41) is 2.51. The molecule has 1 unspecified atom stereocenters. The fraction of sp³-hybridized carbons (Fsp3) is 0.367. The van der Waals surface area contributed by atoms with Gasteiger partial charge in [-0.1, -0.05) is 37.1 Å². The van der Waals surface area contributed by atoms with Crippen LogP contribution in [0.3, 0.4) is 0 Å². The molecule has 1 saturated carbocycles. The van der Waals surface area contributed by atoms with Gasteiger partial charge in [-0.05, 0) is 60.2 Å². The Hall–Kier alpha value is -3.52. The molecule has 38 heavy (non-hydrogen) atoms. The summed E-state index contributed by atoms with van der Waals surface area (Å²) in [5.41, 5.74) is 3.21. The van der Waals surface area contributed by atoms with E-state index in [1.54, 1.807) is 29.3 Å². The number of aromatic nitrogens is 1. The summed E-state index contributed by atoms with van der Waals surface area (Å²) in [6, 6.07) is 12.1. The molecule has 1 aliphatic carbocycles. The summed E-state index contributed by atoms with van der Waals surface area (Å²) >= 11 is 1.40. The SMILES string of the molecule is C=CCN(C(=O)c1csc(COc2ccc3c(c2)C(c2cccc(F)c2)N(C(C)=O)CC3)n1)C1CCCC1.